The van der Waals surface area contributed by atoms with Gasteiger partial charge in [-0.15, -0.1) is 0 Å². The number of benzene rings is 2. The van der Waals surface area contributed by atoms with Crippen molar-refractivity contribution in [3.8, 4) is 5.75 Å². The lowest BCUT2D eigenvalue weighted by molar-refractivity contribution is -0.138. The summed E-state index contributed by atoms with van der Waals surface area (Å²) in [6.07, 6.45) is 0. The lowest BCUT2D eigenvalue weighted by atomic mass is 9.90. The summed E-state index contributed by atoms with van der Waals surface area (Å²) in [4.78, 5) is 24.8. The SMILES string of the molecule is CC(C)CNC(=O)C(C)(C)C(=O)Nc1ccc(OCc2ccccc2)cc1. The number of anilines is 1. The smallest absolute Gasteiger partial charge is 0.239 e. The van der Waals surface area contributed by atoms with Gasteiger partial charge in [-0.25, -0.2) is 0 Å². The molecule has 0 fully saturated rings. The summed E-state index contributed by atoms with van der Waals surface area (Å²) in [5.41, 5.74) is 0.554. The molecule has 27 heavy (non-hydrogen) atoms. The maximum Gasteiger partial charge on any atom is 0.239 e. The van der Waals surface area contributed by atoms with Crippen LogP contribution < -0.4 is 15.4 Å². The Morgan fingerprint density at radius 3 is 2.19 bits per heavy atom. The molecule has 0 heterocycles. The van der Waals surface area contributed by atoms with Gasteiger partial charge in [-0.1, -0.05) is 44.2 Å². The average Bonchev–Trinajstić information content (AvgIpc) is 2.66. The first kappa shape index (κ1) is 20.5. The molecule has 0 aromatic heterocycles. The Bertz CT molecular complexity index is 753. The fraction of sp³-hybridized carbons (Fsp3) is 0.364. The van der Waals surface area contributed by atoms with E-state index < -0.39 is 5.41 Å². The van der Waals surface area contributed by atoms with Crippen LogP contribution in [0.4, 0.5) is 5.69 Å². The topological polar surface area (TPSA) is 67.4 Å². The van der Waals surface area contributed by atoms with Crippen molar-refractivity contribution in [2.24, 2.45) is 11.3 Å². The van der Waals surface area contributed by atoms with E-state index in [0.717, 1.165) is 5.56 Å². The molecule has 0 saturated heterocycles. The minimum atomic E-state index is -1.16. The lowest BCUT2D eigenvalue weighted by Gasteiger charge is -2.23. The highest BCUT2D eigenvalue weighted by molar-refractivity contribution is 6.09. The maximum absolute atomic E-state index is 12.5. The van der Waals surface area contributed by atoms with Gasteiger partial charge in [-0.05, 0) is 49.6 Å². The van der Waals surface area contributed by atoms with E-state index in [-0.39, 0.29) is 11.8 Å². The summed E-state index contributed by atoms with van der Waals surface area (Å²) >= 11 is 0. The summed E-state index contributed by atoms with van der Waals surface area (Å²) in [6.45, 7) is 8.28. The van der Waals surface area contributed by atoms with E-state index in [1.165, 1.54) is 0 Å². The van der Waals surface area contributed by atoms with E-state index >= 15 is 0 Å². The Labute approximate surface area is 161 Å². The van der Waals surface area contributed by atoms with Crippen LogP contribution in [-0.4, -0.2) is 18.4 Å². The van der Waals surface area contributed by atoms with Crippen LogP contribution in [0.15, 0.2) is 54.6 Å². The van der Waals surface area contributed by atoms with E-state index in [1.54, 1.807) is 38.1 Å². The molecule has 0 aliphatic carbocycles. The first-order chi connectivity index (χ1) is 12.8. The molecule has 2 N–H and O–H groups in total. The number of amides is 2. The Morgan fingerprint density at radius 1 is 0.963 bits per heavy atom. The van der Waals surface area contributed by atoms with Crippen LogP contribution in [0.2, 0.25) is 0 Å². The van der Waals surface area contributed by atoms with E-state index in [2.05, 4.69) is 10.6 Å². The second kappa shape index (κ2) is 9.21. The van der Waals surface area contributed by atoms with Gasteiger partial charge in [0.25, 0.3) is 0 Å². The third-order valence-corrected chi connectivity index (χ3v) is 4.17. The summed E-state index contributed by atoms with van der Waals surface area (Å²) in [6, 6.07) is 17.0. The molecule has 0 atom stereocenters. The molecule has 0 aliphatic heterocycles. The van der Waals surface area contributed by atoms with Crippen LogP contribution in [0.5, 0.6) is 5.75 Å². The Morgan fingerprint density at radius 2 is 1.59 bits per heavy atom. The highest BCUT2D eigenvalue weighted by Crippen LogP contribution is 2.21. The molecule has 2 aromatic rings. The van der Waals surface area contributed by atoms with Gasteiger partial charge in [-0.3, -0.25) is 9.59 Å². The number of carbonyl (C=O) groups is 2. The summed E-state index contributed by atoms with van der Waals surface area (Å²) < 4.78 is 5.74. The molecule has 2 rings (SSSR count). The zero-order chi connectivity index (χ0) is 19.9. The van der Waals surface area contributed by atoms with Gasteiger partial charge in [0.05, 0.1) is 0 Å². The standard InChI is InChI=1S/C22H28N2O3/c1-16(2)14-23-20(25)22(3,4)21(26)24-18-10-12-19(13-11-18)27-15-17-8-6-5-7-9-17/h5-13,16H,14-15H2,1-4H3,(H,23,25)(H,24,26). The van der Waals surface area contributed by atoms with Crippen molar-refractivity contribution in [1.82, 2.24) is 5.32 Å². The molecular weight excluding hydrogens is 340 g/mol. The predicted molar refractivity (Wildman–Crippen MR) is 107 cm³/mol. The van der Waals surface area contributed by atoms with Crippen LogP contribution in [0.25, 0.3) is 0 Å². The normalized spacial score (nSPS) is 11.1. The van der Waals surface area contributed by atoms with Gasteiger partial charge < -0.3 is 15.4 Å². The Hall–Kier alpha value is -2.82. The molecule has 5 heteroatoms. The maximum atomic E-state index is 12.5. The highest BCUT2D eigenvalue weighted by Gasteiger charge is 2.35. The average molecular weight is 368 g/mol. The fourth-order valence-corrected chi connectivity index (χ4v) is 2.28. The Kier molecular flexibility index (Phi) is 6.99. The molecule has 144 valence electrons. The molecule has 0 radical (unpaired) electrons. The molecule has 5 nitrogen and oxygen atoms in total. The van der Waals surface area contributed by atoms with Crippen LogP contribution in [-0.2, 0) is 16.2 Å². The van der Waals surface area contributed by atoms with E-state index in [1.807, 2.05) is 44.2 Å². The van der Waals surface area contributed by atoms with Crippen molar-refractivity contribution in [1.29, 1.82) is 0 Å². The molecular formula is C22H28N2O3. The molecule has 0 bridgehead atoms. The molecule has 0 unspecified atom stereocenters. The highest BCUT2D eigenvalue weighted by atomic mass is 16.5. The van der Waals surface area contributed by atoms with Gasteiger partial charge in [-0.2, -0.15) is 0 Å². The van der Waals surface area contributed by atoms with Crippen LogP contribution in [0.1, 0.15) is 33.3 Å². The van der Waals surface area contributed by atoms with Crippen molar-refractivity contribution < 1.29 is 14.3 Å². The summed E-state index contributed by atoms with van der Waals surface area (Å²) in [5.74, 6) is 0.417. The Balaban J connectivity index is 1.90. The second-order valence-corrected chi connectivity index (χ2v) is 7.48. The minimum Gasteiger partial charge on any atom is -0.489 e. The number of rotatable bonds is 8. The zero-order valence-electron chi connectivity index (χ0n) is 16.4. The first-order valence-corrected chi connectivity index (χ1v) is 9.15. The van der Waals surface area contributed by atoms with Gasteiger partial charge in [0.1, 0.15) is 17.8 Å². The molecule has 2 aromatic carbocycles. The van der Waals surface area contributed by atoms with Crippen LogP contribution in [0.3, 0.4) is 0 Å². The van der Waals surface area contributed by atoms with Crippen molar-refractivity contribution in [2.45, 2.75) is 34.3 Å². The van der Waals surface area contributed by atoms with Crippen molar-refractivity contribution >= 4 is 17.5 Å². The predicted octanol–water partition coefficient (Wildman–Crippen LogP) is 4.00. The zero-order valence-corrected chi connectivity index (χ0v) is 16.4. The quantitative estimate of drug-likeness (QED) is 0.692. The minimum absolute atomic E-state index is 0.281. The first-order valence-electron chi connectivity index (χ1n) is 9.15. The molecule has 0 saturated carbocycles. The third kappa shape index (κ3) is 6.13. The monoisotopic (exact) mass is 368 g/mol. The largest absolute Gasteiger partial charge is 0.489 e. The molecule has 2 amide bonds. The van der Waals surface area contributed by atoms with Crippen LogP contribution >= 0.6 is 0 Å². The van der Waals surface area contributed by atoms with Crippen LogP contribution in [0, 0.1) is 11.3 Å². The third-order valence-electron chi connectivity index (χ3n) is 4.17. The molecule has 0 spiro atoms. The number of ether oxygens (including phenoxy) is 1. The van der Waals surface area contributed by atoms with Crippen molar-refractivity contribution in [3.63, 3.8) is 0 Å². The second-order valence-electron chi connectivity index (χ2n) is 7.48. The van der Waals surface area contributed by atoms with Crippen molar-refractivity contribution in [3.05, 3.63) is 60.2 Å². The van der Waals surface area contributed by atoms with Gasteiger partial charge in [0.2, 0.25) is 11.8 Å². The lowest BCUT2D eigenvalue weighted by Crippen LogP contribution is -2.46. The van der Waals surface area contributed by atoms with E-state index in [4.69, 9.17) is 4.74 Å². The summed E-state index contributed by atoms with van der Waals surface area (Å²) in [5, 5.41) is 5.61. The van der Waals surface area contributed by atoms with E-state index in [9.17, 15) is 9.59 Å². The summed E-state index contributed by atoms with van der Waals surface area (Å²) in [7, 11) is 0. The fourth-order valence-electron chi connectivity index (χ4n) is 2.28. The van der Waals surface area contributed by atoms with Crippen molar-refractivity contribution in [2.75, 3.05) is 11.9 Å². The molecule has 0 aliphatic rings. The van der Waals surface area contributed by atoms with Gasteiger partial charge in [0, 0.05) is 12.2 Å². The number of nitrogens with one attached hydrogen (secondary N) is 2. The van der Waals surface area contributed by atoms with Gasteiger partial charge >= 0.3 is 0 Å². The number of hydrogen-bond acceptors (Lipinski definition) is 3. The van der Waals surface area contributed by atoms with E-state index in [0.29, 0.717) is 30.5 Å². The van der Waals surface area contributed by atoms with Gasteiger partial charge in [0.15, 0.2) is 0 Å². The number of hydrogen-bond donors (Lipinski definition) is 2. The number of carbonyl (C=O) groups excluding carboxylic acids is 2.